The molecule has 0 aliphatic carbocycles. The summed E-state index contributed by atoms with van der Waals surface area (Å²) in [5, 5.41) is 30.2. The molecule has 0 heterocycles. The summed E-state index contributed by atoms with van der Waals surface area (Å²) in [5.41, 5.74) is 0.755. The molecule has 0 saturated carbocycles. The second-order valence-corrected chi connectivity index (χ2v) is 5.35. The van der Waals surface area contributed by atoms with Crippen molar-refractivity contribution in [3.05, 3.63) is 57.6 Å². The van der Waals surface area contributed by atoms with E-state index in [1.54, 1.807) is 25.5 Å². The van der Waals surface area contributed by atoms with Crippen LogP contribution >= 0.6 is 0 Å². The van der Waals surface area contributed by atoms with Gasteiger partial charge in [0.2, 0.25) is 0 Å². The summed E-state index contributed by atoms with van der Waals surface area (Å²) in [7, 11) is 1.55. The van der Waals surface area contributed by atoms with Crippen LogP contribution in [0.4, 0.5) is 5.69 Å². The number of non-ortho nitro benzene ring substituents is 1. The Morgan fingerprint density at radius 1 is 1.04 bits per heavy atom. The molecule has 8 nitrogen and oxygen atoms in total. The van der Waals surface area contributed by atoms with Gasteiger partial charge in [0, 0.05) is 48.8 Å². The van der Waals surface area contributed by atoms with Crippen molar-refractivity contribution in [1.82, 2.24) is 0 Å². The van der Waals surface area contributed by atoms with Crippen LogP contribution < -0.4 is 4.74 Å². The van der Waals surface area contributed by atoms with Crippen molar-refractivity contribution in [3.8, 4) is 17.2 Å². The van der Waals surface area contributed by atoms with Gasteiger partial charge in [-0.05, 0) is 30.7 Å². The molecular formula is C18H19N3O5. The Bertz CT molecular complexity index is 834. The van der Waals surface area contributed by atoms with Gasteiger partial charge in [-0.15, -0.1) is 0 Å². The highest BCUT2D eigenvalue weighted by molar-refractivity contribution is 5.84. The van der Waals surface area contributed by atoms with Gasteiger partial charge in [0.05, 0.1) is 12.0 Å². The molecule has 2 aromatic rings. The molecule has 0 aromatic heterocycles. The third kappa shape index (κ3) is 5.30. The largest absolute Gasteiger partial charge is 0.507 e. The lowest BCUT2D eigenvalue weighted by molar-refractivity contribution is -0.384. The Hall–Kier alpha value is -3.42. The van der Waals surface area contributed by atoms with Crippen molar-refractivity contribution in [2.45, 2.75) is 6.42 Å². The molecule has 0 fully saturated rings. The molecule has 2 N–H and O–H groups in total. The van der Waals surface area contributed by atoms with Gasteiger partial charge in [0.1, 0.15) is 17.2 Å². The molecule has 0 atom stereocenters. The van der Waals surface area contributed by atoms with Crippen molar-refractivity contribution in [2.75, 3.05) is 20.2 Å². The molecule has 0 aliphatic rings. The van der Waals surface area contributed by atoms with E-state index in [1.165, 1.54) is 30.5 Å². The minimum Gasteiger partial charge on any atom is -0.507 e. The Morgan fingerprint density at radius 3 is 2.19 bits per heavy atom. The topological polar surface area (TPSA) is 118 Å². The Balaban J connectivity index is 1.85. The van der Waals surface area contributed by atoms with Crippen LogP contribution in [-0.2, 0) is 0 Å². The van der Waals surface area contributed by atoms with Crippen LogP contribution in [0.25, 0.3) is 0 Å². The van der Waals surface area contributed by atoms with Crippen LogP contribution in [0.1, 0.15) is 17.5 Å². The molecule has 0 bridgehead atoms. The van der Waals surface area contributed by atoms with Crippen LogP contribution in [0.3, 0.4) is 0 Å². The average Bonchev–Trinajstić information content (AvgIpc) is 2.63. The lowest BCUT2D eigenvalue weighted by atomic mass is 10.2. The van der Waals surface area contributed by atoms with E-state index >= 15 is 0 Å². The highest BCUT2D eigenvalue weighted by Gasteiger charge is 2.08. The average molecular weight is 357 g/mol. The molecule has 0 aliphatic heterocycles. The van der Waals surface area contributed by atoms with Crippen molar-refractivity contribution >= 4 is 18.1 Å². The molecule has 26 heavy (non-hydrogen) atoms. The van der Waals surface area contributed by atoms with Gasteiger partial charge >= 0.3 is 0 Å². The summed E-state index contributed by atoms with van der Waals surface area (Å²) >= 11 is 0. The number of phenolic OH excluding ortho intramolecular Hbond substituents is 2. The van der Waals surface area contributed by atoms with Crippen LogP contribution in [0.5, 0.6) is 17.2 Å². The first-order valence-electron chi connectivity index (χ1n) is 7.85. The lowest BCUT2D eigenvalue weighted by Crippen LogP contribution is -1.93. The van der Waals surface area contributed by atoms with E-state index in [1.807, 2.05) is 0 Å². The zero-order chi connectivity index (χ0) is 18.9. The molecule has 0 unspecified atom stereocenters. The number of hydrogen-bond donors (Lipinski definition) is 2. The SMILES string of the molecule is COc1ccc(O)c(C=NCCCN=Cc2cc([N+](=O)[O-])ccc2O)c1. The van der Waals surface area contributed by atoms with Gasteiger partial charge in [-0.2, -0.15) is 0 Å². The lowest BCUT2D eigenvalue weighted by Gasteiger charge is -2.02. The summed E-state index contributed by atoms with van der Waals surface area (Å²) in [6.07, 6.45) is 3.61. The van der Waals surface area contributed by atoms with E-state index in [2.05, 4.69) is 9.98 Å². The second-order valence-electron chi connectivity index (χ2n) is 5.35. The summed E-state index contributed by atoms with van der Waals surface area (Å²) in [4.78, 5) is 18.6. The fourth-order valence-corrected chi connectivity index (χ4v) is 2.10. The third-order valence-corrected chi connectivity index (χ3v) is 3.49. The summed E-state index contributed by atoms with van der Waals surface area (Å²) < 4.78 is 5.09. The zero-order valence-corrected chi connectivity index (χ0v) is 14.2. The van der Waals surface area contributed by atoms with Crippen LogP contribution in [-0.4, -0.2) is 47.8 Å². The molecule has 0 spiro atoms. The van der Waals surface area contributed by atoms with Gasteiger partial charge in [-0.3, -0.25) is 20.1 Å². The maximum Gasteiger partial charge on any atom is 0.270 e. The molecule has 2 aromatic carbocycles. The maximum atomic E-state index is 10.7. The van der Waals surface area contributed by atoms with E-state index in [9.17, 15) is 20.3 Å². The van der Waals surface area contributed by atoms with E-state index in [0.717, 1.165) is 0 Å². The quantitative estimate of drug-likeness (QED) is 0.326. The summed E-state index contributed by atoms with van der Waals surface area (Å²) in [6, 6.07) is 8.64. The van der Waals surface area contributed by atoms with E-state index < -0.39 is 4.92 Å². The fourth-order valence-electron chi connectivity index (χ4n) is 2.10. The van der Waals surface area contributed by atoms with E-state index in [-0.39, 0.29) is 17.2 Å². The number of aliphatic imine (C=N–C) groups is 2. The Morgan fingerprint density at radius 2 is 1.62 bits per heavy atom. The highest BCUT2D eigenvalue weighted by Crippen LogP contribution is 2.22. The summed E-state index contributed by atoms with van der Waals surface area (Å²) in [5.74, 6) is 0.685. The molecule has 0 saturated heterocycles. The van der Waals surface area contributed by atoms with E-state index in [4.69, 9.17) is 4.74 Å². The maximum absolute atomic E-state index is 10.7. The molecule has 0 amide bonds. The van der Waals surface area contributed by atoms with Crippen LogP contribution in [0.2, 0.25) is 0 Å². The molecule has 0 radical (unpaired) electrons. The monoisotopic (exact) mass is 357 g/mol. The second kappa shape index (κ2) is 9.16. The highest BCUT2D eigenvalue weighted by atomic mass is 16.6. The standard InChI is InChI=1S/C18H19N3O5/c1-26-16-4-6-18(23)14(10-16)12-20-8-2-7-19-11-13-9-15(21(24)25)3-5-17(13)22/h3-6,9-12,22-23H,2,7-8H2,1H3. The molecule has 8 heteroatoms. The predicted molar refractivity (Wildman–Crippen MR) is 99.0 cm³/mol. The van der Waals surface area contributed by atoms with Crippen molar-refractivity contribution in [1.29, 1.82) is 0 Å². The number of benzene rings is 2. The number of ether oxygens (including phenoxy) is 1. The third-order valence-electron chi connectivity index (χ3n) is 3.49. The van der Waals surface area contributed by atoms with E-state index in [0.29, 0.717) is 36.4 Å². The predicted octanol–water partition coefficient (Wildman–Crippen LogP) is 2.94. The Labute approximate surface area is 150 Å². The smallest absolute Gasteiger partial charge is 0.270 e. The molecule has 136 valence electrons. The number of phenols is 2. The Kier molecular flexibility index (Phi) is 6.67. The zero-order valence-electron chi connectivity index (χ0n) is 14.2. The van der Waals surface area contributed by atoms with Crippen molar-refractivity contribution in [2.24, 2.45) is 9.98 Å². The van der Waals surface area contributed by atoms with Gasteiger partial charge in [-0.25, -0.2) is 0 Å². The molecule has 2 rings (SSSR count). The number of methoxy groups -OCH3 is 1. The number of nitro groups is 1. The van der Waals surface area contributed by atoms with Crippen molar-refractivity contribution in [3.63, 3.8) is 0 Å². The number of nitro benzene ring substituents is 1. The van der Waals surface area contributed by atoms with Gasteiger partial charge < -0.3 is 14.9 Å². The number of nitrogens with zero attached hydrogens (tertiary/aromatic N) is 3. The van der Waals surface area contributed by atoms with Crippen LogP contribution in [0.15, 0.2) is 46.4 Å². The van der Waals surface area contributed by atoms with Gasteiger partial charge in [0.15, 0.2) is 0 Å². The fraction of sp³-hybridized carbons (Fsp3) is 0.222. The van der Waals surface area contributed by atoms with Gasteiger partial charge in [-0.1, -0.05) is 0 Å². The number of aromatic hydroxyl groups is 2. The first kappa shape index (κ1) is 18.9. The van der Waals surface area contributed by atoms with Crippen LogP contribution in [0, 0.1) is 10.1 Å². The van der Waals surface area contributed by atoms with Crippen molar-refractivity contribution < 1.29 is 19.9 Å². The normalized spacial score (nSPS) is 11.3. The first-order valence-corrected chi connectivity index (χ1v) is 7.85. The first-order chi connectivity index (χ1) is 12.5. The molecular weight excluding hydrogens is 338 g/mol. The number of hydrogen-bond acceptors (Lipinski definition) is 7. The minimum absolute atomic E-state index is 0.0640. The van der Waals surface area contributed by atoms with Gasteiger partial charge in [0.25, 0.3) is 5.69 Å². The number of rotatable bonds is 8. The minimum atomic E-state index is -0.528. The summed E-state index contributed by atoms with van der Waals surface area (Å²) in [6.45, 7) is 0.943.